The maximum absolute atomic E-state index is 5.40. The first-order chi connectivity index (χ1) is 6.81. The highest BCUT2D eigenvalue weighted by molar-refractivity contribution is 5.24. The first-order valence-electron chi connectivity index (χ1n) is 4.20. The van der Waals surface area contributed by atoms with Crippen molar-refractivity contribution in [1.29, 1.82) is 0 Å². The van der Waals surface area contributed by atoms with Gasteiger partial charge in [-0.25, -0.2) is 14.6 Å². The van der Waals surface area contributed by atoms with Crippen LogP contribution >= 0.6 is 0 Å². The number of nitrogens with zero attached hydrogens (tertiary/aromatic N) is 5. The summed E-state index contributed by atoms with van der Waals surface area (Å²) in [6.45, 7) is 2.19. The Hall–Kier alpha value is -1.82. The fourth-order valence-corrected chi connectivity index (χ4v) is 1.12. The van der Waals surface area contributed by atoms with Gasteiger partial charge in [0.05, 0.1) is 12.2 Å². The maximum Gasteiger partial charge on any atom is 0.176 e. The Morgan fingerprint density at radius 2 is 2.07 bits per heavy atom. The van der Waals surface area contributed by atoms with E-state index in [9.17, 15) is 0 Å². The Morgan fingerprint density at radius 3 is 2.71 bits per heavy atom. The third-order valence-electron chi connectivity index (χ3n) is 1.79. The molecule has 0 saturated heterocycles. The molecule has 2 aromatic rings. The van der Waals surface area contributed by atoms with E-state index in [2.05, 4.69) is 20.1 Å². The normalized spacial score (nSPS) is 10.4. The van der Waals surface area contributed by atoms with Gasteiger partial charge in [-0.15, -0.1) is 5.10 Å². The summed E-state index contributed by atoms with van der Waals surface area (Å²) in [6, 6.07) is 0. The van der Waals surface area contributed by atoms with Gasteiger partial charge >= 0.3 is 0 Å². The van der Waals surface area contributed by atoms with Gasteiger partial charge in [-0.1, -0.05) is 0 Å². The molecule has 0 aliphatic carbocycles. The van der Waals surface area contributed by atoms with Crippen LogP contribution in [0.25, 0.3) is 5.82 Å². The zero-order valence-electron chi connectivity index (χ0n) is 7.75. The average Bonchev–Trinajstić information content (AvgIpc) is 2.67. The van der Waals surface area contributed by atoms with Crippen molar-refractivity contribution in [3.05, 3.63) is 30.2 Å². The molecular formula is C8H10N6. The highest BCUT2D eigenvalue weighted by Gasteiger charge is 2.05. The van der Waals surface area contributed by atoms with E-state index in [1.165, 1.54) is 0 Å². The Kier molecular flexibility index (Phi) is 2.19. The van der Waals surface area contributed by atoms with E-state index in [0.717, 1.165) is 5.69 Å². The Morgan fingerprint density at radius 1 is 1.29 bits per heavy atom. The van der Waals surface area contributed by atoms with Crippen LogP contribution < -0.4 is 5.73 Å². The summed E-state index contributed by atoms with van der Waals surface area (Å²) in [7, 11) is 0. The SMILES string of the molecule is Cc1nccnc1-n1cnc(CN)n1. The Bertz CT molecular complexity index is 435. The number of rotatable bonds is 2. The molecule has 0 atom stereocenters. The average molecular weight is 190 g/mol. The van der Waals surface area contributed by atoms with Crippen LogP contribution in [0.4, 0.5) is 0 Å². The van der Waals surface area contributed by atoms with Crippen LogP contribution in [0.5, 0.6) is 0 Å². The minimum atomic E-state index is 0.326. The lowest BCUT2D eigenvalue weighted by Gasteiger charge is -2.00. The van der Waals surface area contributed by atoms with Crippen LogP contribution in [0, 0.1) is 6.92 Å². The topological polar surface area (TPSA) is 82.5 Å². The number of aromatic nitrogens is 5. The molecule has 0 aliphatic heterocycles. The first kappa shape index (κ1) is 8.76. The van der Waals surface area contributed by atoms with Crippen LogP contribution in [-0.2, 0) is 6.54 Å². The molecule has 2 heterocycles. The van der Waals surface area contributed by atoms with Crippen LogP contribution in [-0.4, -0.2) is 24.7 Å². The summed E-state index contributed by atoms with van der Waals surface area (Å²) < 4.78 is 1.57. The van der Waals surface area contributed by atoms with Gasteiger partial charge in [0.15, 0.2) is 11.6 Å². The molecule has 2 aromatic heterocycles. The molecule has 0 aliphatic rings. The molecule has 0 aromatic carbocycles. The second-order valence-corrected chi connectivity index (χ2v) is 2.77. The quantitative estimate of drug-likeness (QED) is 0.710. The molecule has 0 radical (unpaired) electrons. The molecule has 14 heavy (non-hydrogen) atoms. The van der Waals surface area contributed by atoms with Crippen molar-refractivity contribution in [2.75, 3.05) is 0 Å². The first-order valence-corrected chi connectivity index (χ1v) is 4.20. The van der Waals surface area contributed by atoms with Gasteiger partial charge in [0, 0.05) is 12.4 Å². The minimum absolute atomic E-state index is 0.326. The smallest absolute Gasteiger partial charge is 0.176 e. The van der Waals surface area contributed by atoms with E-state index in [1.807, 2.05) is 6.92 Å². The lowest BCUT2D eigenvalue weighted by Crippen LogP contribution is -2.04. The lowest BCUT2D eigenvalue weighted by molar-refractivity contribution is 0.793. The van der Waals surface area contributed by atoms with Crippen molar-refractivity contribution in [3.63, 3.8) is 0 Å². The van der Waals surface area contributed by atoms with E-state index in [0.29, 0.717) is 18.2 Å². The highest BCUT2D eigenvalue weighted by atomic mass is 15.4. The lowest BCUT2D eigenvalue weighted by atomic mass is 10.4. The molecule has 0 amide bonds. The molecule has 2 rings (SSSR count). The number of hydrogen-bond donors (Lipinski definition) is 1. The number of hydrogen-bond acceptors (Lipinski definition) is 5. The summed E-state index contributed by atoms with van der Waals surface area (Å²) in [6.07, 6.45) is 4.84. The van der Waals surface area contributed by atoms with Crippen molar-refractivity contribution in [2.24, 2.45) is 5.73 Å². The van der Waals surface area contributed by atoms with E-state index in [4.69, 9.17) is 5.73 Å². The zero-order chi connectivity index (χ0) is 9.97. The largest absolute Gasteiger partial charge is 0.324 e. The Balaban J connectivity index is 2.44. The van der Waals surface area contributed by atoms with Gasteiger partial charge in [-0.2, -0.15) is 0 Å². The van der Waals surface area contributed by atoms with Gasteiger partial charge in [-0.3, -0.25) is 4.98 Å². The van der Waals surface area contributed by atoms with Crippen molar-refractivity contribution < 1.29 is 0 Å². The van der Waals surface area contributed by atoms with Crippen LogP contribution in [0.1, 0.15) is 11.5 Å². The number of aryl methyl sites for hydroxylation is 1. The second kappa shape index (κ2) is 3.51. The van der Waals surface area contributed by atoms with Gasteiger partial charge in [0.25, 0.3) is 0 Å². The summed E-state index contributed by atoms with van der Waals surface area (Å²) in [5.41, 5.74) is 6.21. The third-order valence-corrected chi connectivity index (χ3v) is 1.79. The van der Waals surface area contributed by atoms with Gasteiger partial charge in [-0.05, 0) is 6.92 Å². The molecule has 0 unspecified atom stereocenters. The van der Waals surface area contributed by atoms with Crippen molar-refractivity contribution in [1.82, 2.24) is 24.7 Å². The van der Waals surface area contributed by atoms with E-state index in [1.54, 1.807) is 23.4 Å². The summed E-state index contributed by atoms with van der Waals surface area (Å²) >= 11 is 0. The molecule has 0 spiro atoms. The van der Waals surface area contributed by atoms with Crippen LogP contribution in [0.15, 0.2) is 18.7 Å². The minimum Gasteiger partial charge on any atom is -0.324 e. The molecule has 6 nitrogen and oxygen atoms in total. The van der Waals surface area contributed by atoms with Gasteiger partial charge < -0.3 is 5.73 Å². The van der Waals surface area contributed by atoms with Crippen molar-refractivity contribution >= 4 is 0 Å². The van der Waals surface area contributed by atoms with Crippen molar-refractivity contribution in [3.8, 4) is 5.82 Å². The van der Waals surface area contributed by atoms with E-state index >= 15 is 0 Å². The molecule has 0 bridgehead atoms. The van der Waals surface area contributed by atoms with Gasteiger partial charge in [0.2, 0.25) is 0 Å². The fourth-order valence-electron chi connectivity index (χ4n) is 1.12. The summed E-state index contributed by atoms with van der Waals surface area (Å²) in [5, 5.41) is 4.14. The standard InChI is InChI=1S/C8H10N6/c1-6-8(11-3-2-10-6)14-5-12-7(4-9)13-14/h2-3,5H,4,9H2,1H3. The predicted molar refractivity (Wildman–Crippen MR) is 49.6 cm³/mol. The summed E-state index contributed by atoms with van der Waals surface area (Å²) in [5.74, 6) is 1.27. The summed E-state index contributed by atoms with van der Waals surface area (Å²) in [4.78, 5) is 12.3. The third kappa shape index (κ3) is 1.47. The monoisotopic (exact) mass is 190 g/mol. The predicted octanol–water partition coefficient (Wildman–Crippen LogP) is -0.176. The molecule has 0 fully saturated rings. The van der Waals surface area contributed by atoms with Crippen molar-refractivity contribution in [2.45, 2.75) is 13.5 Å². The van der Waals surface area contributed by atoms with E-state index < -0.39 is 0 Å². The van der Waals surface area contributed by atoms with Crippen LogP contribution in [0.2, 0.25) is 0 Å². The number of nitrogens with two attached hydrogens (primary N) is 1. The highest BCUT2D eigenvalue weighted by Crippen LogP contribution is 2.04. The maximum atomic E-state index is 5.40. The molecule has 72 valence electrons. The van der Waals surface area contributed by atoms with Gasteiger partial charge in [0.1, 0.15) is 6.33 Å². The zero-order valence-corrected chi connectivity index (χ0v) is 7.75. The van der Waals surface area contributed by atoms with Crippen LogP contribution in [0.3, 0.4) is 0 Å². The molecule has 2 N–H and O–H groups in total. The molecular weight excluding hydrogens is 180 g/mol. The fraction of sp³-hybridized carbons (Fsp3) is 0.250. The molecule has 6 heteroatoms. The molecule has 0 saturated carbocycles. The Labute approximate surface area is 80.8 Å². The second-order valence-electron chi connectivity index (χ2n) is 2.77. The van der Waals surface area contributed by atoms with E-state index in [-0.39, 0.29) is 0 Å².